The van der Waals surface area contributed by atoms with Crippen molar-refractivity contribution in [3.8, 4) is 6.07 Å². The molecule has 0 amide bonds. The van der Waals surface area contributed by atoms with Crippen LogP contribution in [-0.4, -0.2) is 17.8 Å². The summed E-state index contributed by atoms with van der Waals surface area (Å²) in [5.74, 6) is 0. The summed E-state index contributed by atoms with van der Waals surface area (Å²) >= 11 is 0. The number of hydrogen-bond acceptors (Lipinski definition) is 3. The lowest BCUT2D eigenvalue weighted by atomic mass is 9.87. The van der Waals surface area contributed by atoms with E-state index in [-0.39, 0.29) is 0 Å². The van der Waals surface area contributed by atoms with Crippen LogP contribution < -0.4 is 0 Å². The van der Waals surface area contributed by atoms with Crippen molar-refractivity contribution >= 4 is 0 Å². The number of hydrogen-bond donors (Lipinski definition) is 1. The molecule has 0 aliphatic carbocycles. The maximum absolute atomic E-state index is 9.77. The van der Waals surface area contributed by atoms with Gasteiger partial charge in [-0.2, -0.15) is 5.26 Å². The van der Waals surface area contributed by atoms with Crippen molar-refractivity contribution in [3.63, 3.8) is 0 Å². The van der Waals surface area contributed by atoms with Crippen LogP contribution in [0.1, 0.15) is 25.8 Å². The molecular weight excluding hydrogens is 214 g/mol. The van der Waals surface area contributed by atoms with E-state index in [0.29, 0.717) is 19.6 Å². The molecule has 1 rings (SSSR count). The van der Waals surface area contributed by atoms with Crippen LogP contribution in [0, 0.1) is 16.7 Å². The van der Waals surface area contributed by atoms with E-state index in [0.717, 1.165) is 5.56 Å². The van der Waals surface area contributed by atoms with E-state index in [1.54, 1.807) is 13.8 Å². The maximum atomic E-state index is 9.77. The largest absolute Gasteiger partial charge is 0.391 e. The van der Waals surface area contributed by atoms with E-state index in [1.165, 1.54) is 0 Å². The molecule has 0 aliphatic heterocycles. The molecule has 1 unspecified atom stereocenters. The Labute approximate surface area is 103 Å². The molecule has 1 aromatic rings. The van der Waals surface area contributed by atoms with Crippen molar-refractivity contribution in [2.24, 2.45) is 5.41 Å². The van der Waals surface area contributed by atoms with E-state index in [9.17, 15) is 5.11 Å². The first kappa shape index (κ1) is 13.7. The van der Waals surface area contributed by atoms with Gasteiger partial charge in [0.15, 0.2) is 0 Å². The monoisotopic (exact) mass is 233 g/mol. The van der Waals surface area contributed by atoms with Crippen molar-refractivity contribution in [2.45, 2.75) is 33.0 Å². The Morgan fingerprint density at radius 2 is 2.00 bits per heavy atom. The predicted octanol–water partition coefficient (Wildman–Crippen LogP) is 2.50. The third-order valence-electron chi connectivity index (χ3n) is 2.77. The number of rotatable bonds is 6. The summed E-state index contributed by atoms with van der Waals surface area (Å²) in [6, 6.07) is 12.0. The minimum Gasteiger partial charge on any atom is -0.391 e. The molecule has 0 fully saturated rings. The molecule has 0 aliphatic rings. The summed E-state index contributed by atoms with van der Waals surface area (Å²) in [5.41, 5.74) is 0.400. The topological polar surface area (TPSA) is 53.2 Å². The highest BCUT2D eigenvalue weighted by Crippen LogP contribution is 2.21. The van der Waals surface area contributed by atoms with E-state index in [2.05, 4.69) is 6.07 Å². The zero-order valence-corrected chi connectivity index (χ0v) is 10.4. The van der Waals surface area contributed by atoms with Gasteiger partial charge in [-0.3, -0.25) is 0 Å². The van der Waals surface area contributed by atoms with Gasteiger partial charge in [-0.1, -0.05) is 30.3 Å². The molecule has 1 atom stereocenters. The summed E-state index contributed by atoms with van der Waals surface area (Å²) in [6.45, 7) is 4.46. The highest BCUT2D eigenvalue weighted by atomic mass is 16.5. The summed E-state index contributed by atoms with van der Waals surface area (Å²) in [7, 11) is 0. The van der Waals surface area contributed by atoms with Crippen LogP contribution in [0.3, 0.4) is 0 Å². The van der Waals surface area contributed by atoms with Gasteiger partial charge in [0.05, 0.1) is 24.2 Å². The number of benzene rings is 1. The van der Waals surface area contributed by atoms with Gasteiger partial charge < -0.3 is 9.84 Å². The van der Waals surface area contributed by atoms with Gasteiger partial charge in [-0.25, -0.2) is 0 Å². The molecule has 0 saturated heterocycles. The van der Waals surface area contributed by atoms with Gasteiger partial charge in [0.1, 0.15) is 0 Å². The smallest absolute Gasteiger partial charge is 0.0777 e. The molecule has 17 heavy (non-hydrogen) atoms. The highest BCUT2D eigenvalue weighted by molar-refractivity contribution is 5.13. The lowest BCUT2D eigenvalue weighted by Gasteiger charge is -2.22. The molecule has 0 heterocycles. The van der Waals surface area contributed by atoms with Crippen LogP contribution in [0.2, 0.25) is 0 Å². The summed E-state index contributed by atoms with van der Waals surface area (Å²) in [6.07, 6.45) is -0.170. The van der Waals surface area contributed by atoms with E-state index >= 15 is 0 Å². The normalized spacial score (nSPS) is 13.1. The van der Waals surface area contributed by atoms with Crippen molar-refractivity contribution in [1.82, 2.24) is 0 Å². The van der Waals surface area contributed by atoms with Crippen molar-refractivity contribution < 1.29 is 9.84 Å². The van der Waals surface area contributed by atoms with Crippen LogP contribution in [0.25, 0.3) is 0 Å². The Hall–Kier alpha value is -1.37. The molecule has 0 spiro atoms. The second-order valence-corrected chi connectivity index (χ2v) is 4.68. The first-order chi connectivity index (χ1) is 8.06. The van der Waals surface area contributed by atoms with Crippen LogP contribution in [0.15, 0.2) is 30.3 Å². The van der Waals surface area contributed by atoms with Gasteiger partial charge >= 0.3 is 0 Å². The van der Waals surface area contributed by atoms with Crippen LogP contribution in [0.5, 0.6) is 0 Å². The quantitative estimate of drug-likeness (QED) is 0.768. The highest BCUT2D eigenvalue weighted by Gasteiger charge is 2.26. The minimum absolute atomic E-state index is 0.459. The van der Waals surface area contributed by atoms with Crippen molar-refractivity contribution in [1.29, 1.82) is 5.26 Å². The Morgan fingerprint density at radius 3 is 2.59 bits per heavy atom. The van der Waals surface area contributed by atoms with E-state index in [4.69, 9.17) is 10.00 Å². The third-order valence-corrected chi connectivity index (χ3v) is 2.77. The average molecular weight is 233 g/mol. The Kier molecular flexibility index (Phi) is 5.14. The molecule has 1 N–H and O–H groups in total. The number of nitriles is 1. The van der Waals surface area contributed by atoms with Gasteiger partial charge in [0.25, 0.3) is 0 Å². The molecule has 0 bridgehead atoms. The molecule has 0 radical (unpaired) electrons. The van der Waals surface area contributed by atoms with Crippen molar-refractivity contribution in [2.75, 3.05) is 6.61 Å². The zero-order valence-electron chi connectivity index (χ0n) is 10.4. The SMILES string of the molecule is CC(C)(C#N)C(O)CCOCc1ccccc1. The van der Waals surface area contributed by atoms with Gasteiger partial charge in [-0.05, 0) is 25.8 Å². The molecule has 92 valence electrons. The van der Waals surface area contributed by atoms with Crippen molar-refractivity contribution in [3.05, 3.63) is 35.9 Å². The Morgan fingerprint density at radius 1 is 1.35 bits per heavy atom. The number of nitrogens with zero attached hydrogens (tertiary/aromatic N) is 1. The lowest BCUT2D eigenvalue weighted by molar-refractivity contribution is 0.0330. The maximum Gasteiger partial charge on any atom is 0.0777 e. The summed E-state index contributed by atoms with van der Waals surface area (Å²) in [5, 5.41) is 18.6. The van der Waals surface area contributed by atoms with E-state index in [1.807, 2.05) is 30.3 Å². The lowest BCUT2D eigenvalue weighted by Crippen LogP contribution is -2.28. The first-order valence-electron chi connectivity index (χ1n) is 5.77. The average Bonchev–Trinajstić information content (AvgIpc) is 2.35. The number of aliphatic hydroxyl groups is 1. The van der Waals surface area contributed by atoms with E-state index < -0.39 is 11.5 Å². The minimum atomic E-state index is -0.712. The second kappa shape index (κ2) is 6.39. The molecule has 0 aromatic heterocycles. The molecular formula is C14H19NO2. The number of ether oxygens (including phenoxy) is 1. The third kappa shape index (κ3) is 4.56. The summed E-state index contributed by atoms with van der Waals surface area (Å²) < 4.78 is 5.46. The summed E-state index contributed by atoms with van der Waals surface area (Å²) in [4.78, 5) is 0. The Balaban J connectivity index is 2.24. The Bertz CT molecular complexity index is 368. The fourth-order valence-electron chi connectivity index (χ4n) is 1.39. The zero-order chi connectivity index (χ0) is 12.7. The predicted molar refractivity (Wildman–Crippen MR) is 66.1 cm³/mol. The number of aliphatic hydroxyl groups excluding tert-OH is 1. The van der Waals surface area contributed by atoms with Gasteiger partial charge in [0, 0.05) is 6.61 Å². The fourth-order valence-corrected chi connectivity index (χ4v) is 1.39. The molecule has 3 nitrogen and oxygen atoms in total. The van der Waals surface area contributed by atoms with Crippen LogP contribution >= 0.6 is 0 Å². The standard InChI is InChI=1S/C14H19NO2/c1-14(2,11-15)13(16)8-9-17-10-12-6-4-3-5-7-12/h3-7,13,16H,8-10H2,1-2H3. The van der Waals surface area contributed by atoms with Crippen LogP contribution in [0.4, 0.5) is 0 Å². The fraction of sp³-hybridized carbons (Fsp3) is 0.500. The van der Waals surface area contributed by atoms with Gasteiger partial charge in [0.2, 0.25) is 0 Å². The molecule has 1 aromatic carbocycles. The second-order valence-electron chi connectivity index (χ2n) is 4.68. The molecule has 0 saturated carbocycles. The van der Waals surface area contributed by atoms with Gasteiger partial charge in [-0.15, -0.1) is 0 Å². The van der Waals surface area contributed by atoms with Crippen LogP contribution in [-0.2, 0) is 11.3 Å². The molecule has 3 heteroatoms. The first-order valence-corrected chi connectivity index (χ1v) is 5.77.